The third-order valence-corrected chi connectivity index (χ3v) is 2.76. The quantitative estimate of drug-likeness (QED) is 0.612. The third kappa shape index (κ3) is 2.32. The summed E-state index contributed by atoms with van der Waals surface area (Å²) in [5, 5.41) is 11.3. The van der Waals surface area contributed by atoms with Crippen molar-refractivity contribution >= 4 is 0 Å². The predicted molar refractivity (Wildman–Crippen MR) is 68.3 cm³/mol. The van der Waals surface area contributed by atoms with E-state index < -0.39 is 6.04 Å². The van der Waals surface area contributed by atoms with E-state index in [1.54, 1.807) is 48.5 Å². The molecule has 0 aliphatic rings. The summed E-state index contributed by atoms with van der Waals surface area (Å²) >= 11 is 0. The third-order valence-electron chi connectivity index (χ3n) is 2.76. The van der Waals surface area contributed by atoms with Crippen LogP contribution in [0.15, 0.2) is 54.6 Å². The van der Waals surface area contributed by atoms with Crippen molar-refractivity contribution in [3.05, 3.63) is 75.8 Å². The summed E-state index contributed by atoms with van der Waals surface area (Å²) in [7, 11) is 1.51. The summed E-state index contributed by atoms with van der Waals surface area (Å²) in [5.74, 6) is 0.531. The van der Waals surface area contributed by atoms with E-state index in [1.807, 2.05) is 6.07 Å². The minimum Gasteiger partial charge on any atom is -0.496 e. The van der Waals surface area contributed by atoms with Crippen LogP contribution in [0.1, 0.15) is 17.2 Å². The first-order valence-electron chi connectivity index (χ1n) is 5.55. The normalized spacial score (nSPS) is 11.8. The van der Waals surface area contributed by atoms with E-state index in [9.17, 15) is 10.1 Å². The lowest BCUT2D eigenvalue weighted by Gasteiger charge is -2.13. The lowest BCUT2D eigenvalue weighted by molar-refractivity contribution is -0.517. The Bertz CT molecular complexity index is 540. The minimum absolute atomic E-state index is 0.298. The maximum absolute atomic E-state index is 11.3. The Morgan fingerprint density at radius 3 is 2.28 bits per heavy atom. The van der Waals surface area contributed by atoms with Crippen LogP contribution in [0.5, 0.6) is 5.75 Å². The van der Waals surface area contributed by atoms with Crippen molar-refractivity contribution in [1.29, 1.82) is 0 Å². The Morgan fingerprint density at radius 2 is 1.67 bits per heavy atom. The van der Waals surface area contributed by atoms with Gasteiger partial charge in [-0.3, -0.25) is 10.1 Å². The number of benzene rings is 2. The molecule has 4 heteroatoms. The van der Waals surface area contributed by atoms with Gasteiger partial charge >= 0.3 is 0 Å². The highest BCUT2D eigenvalue weighted by molar-refractivity contribution is 5.40. The molecule has 4 nitrogen and oxygen atoms in total. The van der Waals surface area contributed by atoms with Gasteiger partial charge in [0, 0.05) is 10.5 Å². The zero-order chi connectivity index (χ0) is 13.0. The second kappa shape index (κ2) is 5.31. The van der Waals surface area contributed by atoms with Gasteiger partial charge in [0.1, 0.15) is 5.75 Å². The molecule has 0 aliphatic carbocycles. The van der Waals surface area contributed by atoms with Crippen molar-refractivity contribution in [3.8, 4) is 5.75 Å². The van der Waals surface area contributed by atoms with Crippen LogP contribution in [0.25, 0.3) is 0 Å². The lowest BCUT2D eigenvalue weighted by atomic mass is 9.98. The maximum atomic E-state index is 11.3. The average Bonchev–Trinajstić information content (AvgIpc) is 2.40. The van der Waals surface area contributed by atoms with Gasteiger partial charge in [0.05, 0.1) is 12.7 Å². The zero-order valence-electron chi connectivity index (χ0n) is 9.95. The average molecular weight is 243 g/mol. The first-order chi connectivity index (χ1) is 8.74. The molecule has 18 heavy (non-hydrogen) atoms. The van der Waals surface area contributed by atoms with Gasteiger partial charge in [-0.15, -0.1) is 0 Å². The van der Waals surface area contributed by atoms with Gasteiger partial charge in [-0.25, -0.2) is 0 Å². The highest BCUT2D eigenvalue weighted by Gasteiger charge is 2.27. The van der Waals surface area contributed by atoms with Crippen molar-refractivity contribution in [2.45, 2.75) is 6.04 Å². The van der Waals surface area contributed by atoms with Gasteiger partial charge in [0.2, 0.25) is 0 Å². The van der Waals surface area contributed by atoms with Crippen molar-refractivity contribution in [1.82, 2.24) is 0 Å². The van der Waals surface area contributed by atoms with Gasteiger partial charge in [-0.05, 0) is 12.1 Å². The molecule has 0 N–H and O–H groups in total. The van der Waals surface area contributed by atoms with Crippen LogP contribution in [-0.4, -0.2) is 12.0 Å². The highest BCUT2D eigenvalue weighted by Crippen LogP contribution is 2.31. The number of nitrogens with zero attached hydrogens (tertiary/aromatic N) is 1. The smallest absolute Gasteiger partial charge is 0.266 e. The van der Waals surface area contributed by atoms with E-state index in [-0.39, 0.29) is 4.92 Å². The molecular formula is C14H13NO3. The monoisotopic (exact) mass is 243 g/mol. The molecule has 0 amide bonds. The molecule has 0 aliphatic heterocycles. The molecule has 0 heterocycles. The van der Waals surface area contributed by atoms with Crippen LogP contribution >= 0.6 is 0 Å². The van der Waals surface area contributed by atoms with E-state index in [0.29, 0.717) is 16.9 Å². The van der Waals surface area contributed by atoms with Crippen molar-refractivity contribution in [3.63, 3.8) is 0 Å². The van der Waals surface area contributed by atoms with Crippen LogP contribution in [0, 0.1) is 10.1 Å². The van der Waals surface area contributed by atoms with Crippen molar-refractivity contribution < 1.29 is 9.66 Å². The molecule has 0 saturated carbocycles. The summed E-state index contributed by atoms with van der Waals surface area (Å²) < 4.78 is 5.19. The molecule has 0 aromatic heterocycles. The van der Waals surface area contributed by atoms with E-state index in [1.165, 1.54) is 7.11 Å². The van der Waals surface area contributed by atoms with Gasteiger partial charge in [-0.1, -0.05) is 42.5 Å². The van der Waals surface area contributed by atoms with Crippen LogP contribution in [-0.2, 0) is 0 Å². The number of ether oxygens (including phenoxy) is 1. The molecule has 92 valence electrons. The second-order valence-corrected chi connectivity index (χ2v) is 3.84. The van der Waals surface area contributed by atoms with E-state index in [4.69, 9.17) is 4.74 Å². The number of nitro groups is 1. The first kappa shape index (κ1) is 12.1. The molecule has 2 aromatic rings. The first-order valence-corrected chi connectivity index (χ1v) is 5.55. The highest BCUT2D eigenvalue weighted by atomic mass is 16.6. The largest absolute Gasteiger partial charge is 0.496 e. The zero-order valence-corrected chi connectivity index (χ0v) is 9.95. The van der Waals surface area contributed by atoms with Crippen LogP contribution in [0.4, 0.5) is 0 Å². The van der Waals surface area contributed by atoms with Gasteiger partial charge in [-0.2, -0.15) is 0 Å². The topological polar surface area (TPSA) is 52.4 Å². The van der Waals surface area contributed by atoms with E-state index >= 15 is 0 Å². The summed E-state index contributed by atoms with van der Waals surface area (Å²) in [6, 6.07) is 15.0. The number of rotatable bonds is 4. The molecule has 0 bridgehead atoms. The number of hydrogen-bond acceptors (Lipinski definition) is 3. The lowest BCUT2D eigenvalue weighted by Crippen LogP contribution is -2.13. The molecule has 0 spiro atoms. The van der Waals surface area contributed by atoms with E-state index in [0.717, 1.165) is 0 Å². The molecule has 0 radical (unpaired) electrons. The Morgan fingerprint density at radius 1 is 1.06 bits per heavy atom. The van der Waals surface area contributed by atoms with Crippen LogP contribution < -0.4 is 4.74 Å². The molecule has 1 atom stereocenters. The Kier molecular flexibility index (Phi) is 3.57. The Hall–Kier alpha value is -2.36. The Balaban J connectivity index is 2.52. The van der Waals surface area contributed by atoms with Gasteiger partial charge in [0.15, 0.2) is 0 Å². The van der Waals surface area contributed by atoms with E-state index in [2.05, 4.69) is 0 Å². The molecule has 0 fully saturated rings. The fourth-order valence-corrected chi connectivity index (χ4v) is 1.94. The fourth-order valence-electron chi connectivity index (χ4n) is 1.94. The summed E-state index contributed by atoms with van der Waals surface area (Å²) in [4.78, 5) is 11.0. The van der Waals surface area contributed by atoms with Crippen LogP contribution in [0.3, 0.4) is 0 Å². The van der Waals surface area contributed by atoms with Crippen LogP contribution in [0.2, 0.25) is 0 Å². The fraction of sp³-hybridized carbons (Fsp3) is 0.143. The molecule has 0 saturated heterocycles. The number of para-hydroxylation sites is 1. The number of hydrogen-bond donors (Lipinski definition) is 0. The SMILES string of the molecule is COc1ccccc1C(c1ccccc1)[N+](=O)[O-]. The number of methoxy groups -OCH3 is 1. The second-order valence-electron chi connectivity index (χ2n) is 3.84. The molecule has 2 rings (SSSR count). The standard InChI is InChI=1S/C14H13NO3/c1-18-13-10-6-5-9-12(13)14(15(16)17)11-7-3-2-4-8-11/h2-10,14H,1H3. The maximum Gasteiger partial charge on any atom is 0.266 e. The Labute approximate surface area is 105 Å². The van der Waals surface area contributed by atoms with Gasteiger partial charge in [0.25, 0.3) is 6.04 Å². The molecule has 1 unspecified atom stereocenters. The van der Waals surface area contributed by atoms with Crippen molar-refractivity contribution in [2.75, 3.05) is 7.11 Å². The molecular weight excluding hydrogens is 230 g/mol. The molecule has 2 aromatic carbocycles. The van der Waals surface area contributed by atoms with Crippen molar-refractivity contribution in [2.24, 2.45) is 0 Å². The minimum atomic E-state index is -0.901. The predicted octanol–water partition coefficient (Wildman–Crippen LogP) is 3.06. The summed E-state index contributed by atoms with van der Waals surface area (Å²) in [6.45, 7) is 0. The van der Waals surface area contributed by atoms with Gasteiger partial charge < -0.3 is 4.74 Å². The summed E-state index contributed by atoms with van der Waals surface area (Å²) in [6.07, 6.45) is 0. The summed E-state index contributed by atoms with van der Waals surface area (Å²) in [5.41, 5.74) is 1.21.